The molecule has 0 heterocycles. The zero-order valence-electron chi connectivity index (χ0n) is 33.5. The summed E-state index contributed by atoms with van der Waals surface area (Å²) in [5.41, 5.74) is 0. The zero-order chi connectivity index (χ0) is 41.9. The molecular formula is C45H57ClCuO4P4Pt2+2. The zero-order valence-corrected chi connectivity index (χ0v) is 43.7. The molecule has 4 aromatic carbocycles. The molecule has 0 aliphatic heterocycles. The molecule has 4 nitrogen and oxygen atoms in total. The van der Waals surface area contributed by atoms with Crippen LogP contribution in [0.15, 0.2) is 121 Å². The maximum Gasteiger partial charge on any atom is 4.00 e. The Kier molecular flexibility index (Phi) is 67.8. The smallest absolute Gasteiger partial charge is 0.694 e. The van der Waals surface area contributed by atoms with Crippen LogP contribution in [-0.4, -0.2) is 28.8 Å². The number of halogens is 1. The van der Waals surface area contributed by atoms with Crippen LogP contribution in [0, 0.1) is 73.5 Å². The fraction of sp³-hybridized carbons (Fsp3) is 0.244. The molecule has 1 N–H and O–H groups in total. The van der Waals surface area contributed by atoms with Crippen molar-refractivity contribution in [2.45, 2.75) is 48.0 Å². The van der Waals surface area contributed by atoms with Crippen molar-refractivity contribution in [3.05, 3.63) is 161 Å². The number of rotatable bonds is 10. The van der Waals surface area contributed by atoms with Crippen molar-refractivity contribution in [2.24, 2.45) is 0 Å². The summed E-state index contributed by atoms with van der Waals surface area (Å²) in [4.78, 5) is 0. The van der Waals surface area contributed by atoms with Crippen molar-refractivity contribution >= 4 is 54.2 Å². The van der Waals surface area contributed by atoms with Gasteiger partial charge in [0.1, 0.15) is 0 Å². The molecule has 57 heavy (non-hydrogen) atoms. The second-order valence-corrected chi connectivity index (χ2v) is 19.7. The van der Waals surface area contributed by atoms with Crippen LogP contribution < -0.4 is 35.2 Å². The van der Waals surface area contributed by atoms with Crippen LogP contribution in [0.2, 0.25) is 0 Å². The summed E-state index contributed by atoms with van der Waals surface area (Å²) in [6.07, 6.45) is 27.2. The summed E-state index contributed by atoms with van der Waals surface area (Å²) in [6.45, 7) is 18.4. The predicted octanol–water partition coefficient (Wildman–Crippen LogP) is 6.31. The van der Waals surface area contributed by atoms with Gasteiger partial charge in [-0.2, -0.15) is 26.3 Å². The molecule has 0 saturated carbocycles. The first-order chi connectivity index (χ1) is 25.9. The van der Waals surface area contributed by atoms with Crippen LogP contribution in [0.3, 0.4) is 0 Å². The molecule has 0 fully saturated rings. The summed E-state index contributed by atoms with van der Waals surface area (Å²) in [7, 11) is -3.91. The molecule has 1 radical (unpaired) electrons. The Balaban J connectivity index is -0.000000116. The summed E-state index contributed by atoms with van der Waals surface area (Å²) in [5, 5.41) is 6.07. The Hall–Kier alpha value is -1.13. The van der Waals surface area contributed by atoms with Gasteiger partial charge in [0.05, 0.1) is 63.8 Å². The fourth-order valence-electron chi connectivity index (χ4n) is 3.73. The van der Waals surface area contributed by atoms with E-state index in [0.717, 1.165) is 29.5 Å². The molecular weight excluding hydrogens is 1220 g/mol. The topological polar surface area (TPSA) is 89.4 Å². The van der Waals surface area contributed by atoms with E-state index in [0.29, 0.717) is 0 Å². The van der Waals surface area contributed by atoms with Crippen LogP contribution in [0.4, 0.5) is 0 Å². The molecule has 12 heteroatoms. The molecule has 0 saturated heterocycles. The van der Waals surface area contributed by atoms with Gasteiger partial charge >= 0.3 is 42.1 Å². The van der Waals surface area contributed by atoms with Gasteiger partial charge in [-0.1, -0.05) is 93.1 Å². The van der Waals surface area contributed by atoms with Crippen LogP contribution in [0.25, 0.3) is 0 Å². The standard InChI is InChI=1S/2C15H17P2.C3H8.4C3H3.ClHO4.Cu.2Pt/c2*1-2-16-13-17(14-9-5-3-6-10-14)15-11-7-4-8-12-15;5*1-3-2;2-1(3,4)5;;;/h2*3-12,16H,1-2,13H2;3H2,1-2H3;4*1H3;(H,2,3,4,5);;;/q2*-1;;4*-1;;;+2;+4/p+2. The monoisotopic (exact) mass is 1270 g/mol. The minimum Gasteiger partial charge on any atom is -0.694 e. The molecule has 0 aromatic heterocycles. The van der Waals surface area contributed by atoms with Crippen molar-refractivity contribution in [3.8, 4) is 23.7 Å². The molecule has 4 aromatic rings. The Morgan fingerprint density at radius 3 is 0.807 bits per heavy atom. The van der Waals surface area contributed by atoms with Crippen molar-refractivity contribution in [2.75, 3.05) is 24.1 Å². The van der Waals surface area contributed by atoms with E-state index >= 15 is 0 Å². The molecule has 4 rings (SSSR count). The Bertz CT molecular complexity index is 1310. The Labute approximate surface area is 395 Å². The third kappa shape index (κ3) is 50.9. The maximum absolute atomic E-state index is 8.60. The second kappa shape index (κ2) is 54.9. The SMILES string of the molecule is CCC.[C-]#CC.[C-]#CC.[C-]#CC.[C-]#CC.[CH2-]CPC[PH+](c1ccccc1)c1ccccc1.[CH2-]CPC[PH+](c1ccccc1)c1ccccc1.[Cu].[O-][Cl+3]([O-])([O-])O.[Pt+2].[Pt+4]. The van der Waals surface area contributed by atoms with Crippen molar-refractivity contribution in [1.29, 1.82) is 0 Å². The maximum atomic E-state index is 8.60. The van der Waals surface area contributed by atoms with Gasteiger partial charge in [-0.3, -0.25) is 0 Å². The summed E-state index contributed by atoms with van der Waals surface area (Å²) < 4.78 is 32.7. The van der Waals surface area contributed by atoms with Crippen LogP contribution in [0.5, 0.6) is 0 Å². The molecule has 0 bridgehead atoms. The number of hydrogen-bond acceptors (Lipinski definition) is 4. The average molecular weight is 1270 g/mol. The first-order valence-electron chi connectivity index (χ1n) is 16.8. The molecule has 0 spiro atoms. The number of hydrogen-bond donors (Lipinski definition) is 1. The third-order valence-corrected chi connectivity index (χ3v) is 15.1. The van der Waals surface area contributed by atoms with E-state index in [4.69, 9.17) is 44.3 Å². The van der Waals surface area contributed by atoms with Gasteiger partial charge in [0.2, 0.25) is 0 Å². The van der Waals surface area contributed by atoms with E-state index in [-0.39, 0.29) is 59.2 Å². The number of benzene rings is 4. The Morgan fingerprint density at radius 2 is 0.684 bits per heavy atom. The Morgan fingerprint density at radius 1 is 0.544 bits per heavy atom. The third-order valence-electron chi connectivity index (χ3n) is 5.45. The van der Waals surface area contributed by atoms with Gasteiger partial charge in [-0.15, -0.1) is 17.2 Å². The molecule has 0 aliphatic rings. The average Bonchev–Trinajstić information content (AvgIpc) is 3.15. The second-order valence-electron chi connectivity index (χ2n) is 9.88. The van der Waals surface area contributed by atoms with Gasteiger partial charge in [0.15, 0.2) is 0 Å². The van der Waals surface area contributed by atoms with Gasteiger partial charge in [-0.25, -0.2) is 0 Å². The summed E-state index contributed by atoms with van der Waals surface area (Å²) in [5.74, 6) is 10.6. The van der Waals surface area contributed by atoms with Gasteiger partial charge in [0.25, 0.3) is 0 Å². The largest absolute Gasteiger partial charge is 4.00 e. The summed E-state index contributed by atoms with van der Waals surface area (Å²) >= 11 is 0. The molecule has 0 amide bonds. The van der Waals surface area contributed by atoms with E-state index in [1.54, 1.807) is 27.7 Å². The minimum absolute atomic E-state index is 0. The summed E-state index contributed by atoms with van der Waals surface area (Å²) in [6, 6.07) is 43.8. The van der Waals surface area contributed by atoms with E-state index in [9.17, 15) is 0 Å². The quantitative estimate of drug-likeness (QED) is 0.0874. The van der Waals surface area contributed by atoms with Crippen molar-refractivity contribution in [3.63, 3.8) is 0 Å². The fourth-order valence-corrected chi connectivity index (χ4v) is 13.5. The van der Waals surface area contributed by atoms with Gasteiger partial charge in [-0.05, 0) is 76.2 Å². The first kappa shape index (κ1) is 70.4. The molecule has 2 atom stereocenters. The molecule has 317 valence electrons. The molecule has 2 unspecified atom stereocenters. The minimum atomic E-state index is -4.69. The molecule has 0 aliphatic carbocycles. The van der Waals surface area contributed by atoms with E-state index in [2.05, 4.69) is 149 Å². The van der Waals surface area contributed by atoms with Gasteiger partial charge < -0.3 is 63.2 Å². The van der Waals surface area contributed by atoms with Crippen LogP contribution in [-0.2, 0) is 59.2 Å². The van der Waals surface area contributed by atoms with Gasteiger partial charge in [0, 0.05) is 17.1 Å². The van der Waals surface area contributed by atoms with Crippen LogP contribution >= 0.6 is 33.0 Å². The van der Waals surface area contributed by atoms with Crippen LogP contribution in [0.1, 0.15) is 48.0 Å². The normalized spacial score (nSPS) is 8.74. The van der Waals surface area contributed by atoms with E-state index in [1.165, 1.54) is 39.4 Å². The van der Waals surface area contributed by atoms with E-state index < -0.39 is 26.1 Å². The predicted molar refractivity (Wildman–Crippen MR) is 237 cm³/mol. The first-order valence-corrected chi connectivity index (χ1v) is 24.3. The van der Waals surface area contributed by atoms with Crippen molar-refractivity contribution < 1.29 is 88.1 Å². The van der Waals surface area contributed by atoms with E-state index in [1.807, 2.05) is 23.7 Å². The van der Waals surface area contributed by atoms with Crippen molar-refractivity contribution in [1.82, 2.24) is 0 Å².